The van der Waals surface area contributed by atoms with Crippen molar-refractivity contribution in [2.24, 2.45) is 10.2 Å². The standard InChI is InChI=1S/C27H19N7O6/c1-14(35)12-34(13-15(2)36)25(37)16-3-6-20-19(9-16)26(38)40-27(20)21-7-4-17(30-32-28)10-23(21)39-24-11-18(31-33-29)5-8-22(24)27/h3-11H,12-13H2,1-2H3. The molecule has 0 saturated heterocycles. The zero-order valence-corrected chi connectivity index (χ0v) is 21.2. The van der Waals surface area contributed by atoms with Crippen molar-refractivity contribution in [1.82, 2.24) is 4.90 Å². The first-order chi connectivity index (χ1) is 19.2. The smallest absolute Gasteiger partial charge is 0.340 e. The largest absolute Gasteiger partial charge is 0.456 e. The molecular weight excluding hydrogens is 518 g/mol. The molecular formula is C27H19N7O6. The lowest BCUT2D eigenvalue weighted by molar-refractivity contribution is -0.120. The molecule has 0 aliphatic carbocycles. The van der Waals surface area contributed by atoms with Crippen LogP contribution >= 0.6 is 0 Å². The highest BCUT2D eigenvalue weighted by molar-refractivity contribution is 6.03. The van der Waals surface area contributed by atoms with E-state index in [4.69, 9.17) is 20.5 Å². The lowest BCUT2D eigenvalue weighted by atomic mass is 9.77. The number of hydrogen-bond acceptors (Lipinski definition) is 8. The number of azide groups is 2. The predicted molar refractivity (Wildman–Crippen MR) is 140 cm³/mol. The third-order valence-electron chi connectivity index (χ3n) is 6.46. The van der Waals surface area contributed by atoms with Gasteiger partial charge in [-0.15, -0.1) is 0 Å². The number of rotatable bonds is 7. The average molecular weight is 537 g/mol. The quantitative estimate of drug-likeness (QED) is 0.159. The molecule has 198 valence electrons. The monoisotopic (exact) mass is 537 g/mol. The van der Waals surface area contributed by atoms with Crippen molar-refractivity contribution in [3.63, 3.8) is 0 Å². The Bertz CT molecular complexity index is 1650. The van der Waals surface area contributed by atoms with Crippen molar-refractivity contribution < 1.29 is 28.7 Å². The summed E-state index contributed by atoms with van der Waals surface area (Å²) in [6.45, 7) is 2.10. The van der Waals surface area contributed by atoms with Gasteiger partial charge in [-0.2, -0.15) is 0 Å². The van der Waals surface area contributed by atoms with Crippen LogP contribution in [0.1, 0.15) is 51.3 Å². The number of fused-ring (bicyclic) bond motifs is 6. The summed E-state index contributed by atoms with van der Waals surface area (Å²) in [5, 5.41) is 7.23. The number of hydrogen-bond donors (Lipinski definition) is 0. The number of nitrogens with zero attached hydrogens (tertiary/aromatic N) is 7. The van der Waals surface area contributed by atoms with Gasteiger partial charge in [-0.05, 0) is 49.2 Å². The van der Waals surface area contributed by atoms with Gasteiger partial charge in [-0.1, -0.05) is 40.6 Å². The van der Waals surface area contributed by atoms with Crippen LogP contribution in [0.3, 0.4) is 0 Å². The molecule has 2 heterocycles. The second kappa shape index (κ2) is 9.91. The molecule has 0 N–H and O–H groups in total. The second-order valence-corrected chi connectivity index (χ2v) is 9.24. The van der Waals surface area contributed by atoms with E-state index in [1.807, 2.05) is 0 Å². The van der Waals surface area contributed by atoms with Gasteiger partial charge in [-0.25, -0.2) is 4.79 Å². The summed E-state index contributed by atoms with van der Waals surface area (Å²) in [5.41, 5.74) is 18.3. The van der Waals surface area contributed by atoms with Gasteiger partial charge in [0.2, 0.25) is 0 Å². The highest BCUT2D eigenvalue weighted by atomic mass is 16.6. The fourth-order valence-electron chi connectivity index (χ4n) is 4.99. The lowest BCUT2D eigenvalue weighted by Gasteiger charge is -2.36. The topological polar surface area (TPSA) is 188 Å². The molecule has 0 aromatic heterocycles. The lowest BCUT2D eigenvalue weighted by Crippen LogP contribution is -2.38. The molecule has 0 saturated carbocycles. The van der Waals surface area contributed by atoms with Gasteiger partial charge in [0.15, 0.2) is 5.60 Å². The Kier molecular flexibility index (Phi) is 6.44. The Labute approximate surface area is 226 Å². The third kappa shape index (κ3) is 4.27. The number of Topliss-reactive ketones (excluding diaryl/α,β-unsaturated/α-hetero) is 2. The number of benzene rings is 3. The number of carbonyl (C=O) groups is 4. The predicted octanol–water partition coefficient (Wildman–Crippen LogP) is 5.76. The van der Waals surface area contributed by atoms with Crippen LogP contribution in [-0.2, 0) is 19.9 Å². The van der Waals surface area contributed by atoms with Crippen LogP contribution < -0.4 is 4.74 Å². The highest BCUT2D eigenvalue weighted by Crippen LogP contribution is 2.57. The number of esters is 1. The van der Waals surface area contributed by atoms with Crippen LogP contribution in [0, 0.1) is 0 Å². The molecule has 1 amide bonds. The Morgan fingerprint density at radius 1 is 0.825 bits per heavy atom. The number of amides is 1. The van der Waals surface area contributed by atoms with Gasteiger partial charge in [0.25, 0.3) is 5.91 Å². The Balaban J connectivity index is 1.69. The molecule has 2 aliphatic rings. The van der Waals surface area contributed by atoms with Gasteiger partial charge in [0.1, 0.15) is 23.1 Å². The Hall–Kier alpha value is -5.64. The van der Waals surface area contributed by atoms with E-state index >= 15 is 0 Å². The average Bonchev–Trinajstić information content (AvgIpc) is 3.19. The van der Waals surface area contributed by atoms with Gasteiger partial charge in [0, 0.05) is 43.5 Å². The number of carbonyl (C=O) groups excluding carboxylic acids is 4. The molecule has 0 bridgehead atoms. The van der Waals surface area contributed by atoms with Crippen LogP contribution in [0.15, 0.2) is 64.8 Å². The normalized spacial score (nSPS) is 15.8. The molecule has 0 fully saturated rings. The molecule has 13 heteroatoms. The SMILES string of the molecule is CC(=O)CN(CC(C)=O)C(=O)c1ccc2c(c1)C(=O)OC21c2ccc(N=[N+]=[N-])cc2Oc2cc(N=[N+]=[N-])ccc21. The first-order valence-corrected chi connectivity index (χ1v) is 11.9. The highest BCUT2D eigenvalue weighted by Gasteiger charge is 2.53. The van der Waals surface area contributed by atoms with Crippen molar-refractivity contribution in [2.75, 3.05) is 13.1 Å². The van der Waals surface area contributed by atoms with Gasteiger partial charge in [0.05, 0.1) is 18.7 Å². The summed E-state index contributed by atoms with van der Waals surface area (Å²) in [4.78, 5) is 56.8. The molecule has 3 aromatic carbocycles. The van der Waals surface area contributed by atoms with E-state index in [1.165, 1.54) is 38.1 Å². The van der Waals surface area contributed by atoms with Gasteiger partial charge in [-0.3, -0.25) is 14.4 Å². The van der Waals surface area contributed by atoms with Crippen LogP contribution in [0.25, 0.3) is 20.9 Å². The van der Waals surface area contributed by atoms with Crippen molar-refractivity contribution in [2.45, 2.75) is 19.4 Å². The number of ether oxygens (including phenoxy) is 2. The molecule has 13 nitrogen and oxygen atoms in total. The molecule has 5 rings (SSSR count). The van der Waals surface area contributed by atoms with Crippen LogP contribution in [0.4, 0.5) is 11.4 Å². The molecule has 0 unspecified atom stereocenters. The van der Waals surface area contributed by atoms with E-state index in [2.05, 4.69) is 20.1 Å². The molecule has 0 atom stereocenters. The van der Waals surface area contributed by atoms with Gasteiger partial charge < -0.3 is 14.4 Å². The molecule has 0 radical (unpaired) electrons. The Morgan fingerprint density at radius 3 is 1.85 bits per heavy atom. The van der Waals surface area contributed by atoms with E-state index in [0.717, 1.165) is 4.90 Å². The van der Waals surface area contributed by atoms with Crippen molar-refractivity contribution in [3.05, 3.63) is 103 Å². The minimum atomic E-state index is -1.50. The Morgan fingerprint density at radius 2 is 1.35 bits per heavy atom. The minimum Gasteiger partial charge on any atom is -0.456 e. The minimum absolute atomic E-state index is 0.0974. The van der Waals surface area contributed by atoms with Crippen molar-refractivity contribution in [3.8, 4) is 11.5 Å². The van der Waals surface area contributed by atoms with E-state index in [-0.39, 0.29) is 58.7 Å². The molecule has 1 spiro atoms. The fraction of sp³-hybridized carbons (Fsp3) is 0.185. The molecule has 3 aromatic rings. The third-order valence-corrected chi connectivity index (χ3v) is 6.46. The van der Waals surface area contributed by atoms with Crippen molar-refractivity contribution in [1.29, 1.82) is 0 Å². The van der Waals surface area contributed by atoms with E-state index in [0.29, 0.717) is 16.7 Å². The van der Waals surface area contributed by atoms with E-state index < -0.39 is 17.5 Å². The van der Waals surface area contributed by atoms with Crippen LogP contribution in [0.2, 0.25) is 0 Å². The summed E-state index contributed by atoms with van der Waals surface area (Å²) >= 11 is 0. The summed E-state index contributed by atoms with van der Waals surface area (Å²) in [5.74, 6) is -1.43. The maximum absolute atomic E-state index is 13.4. The first kappa shape index (κ1) is 26.0. The summed E-state index contributed by atoms with van der Waals surface area (Å²) < 4.78 is 12.2. The summed E-state index contributed by atoms with van der Waals surface area (Å²) in [6, 6.07) is 13.8. The first-order valence-electron chi connectivity index (χ1n) is 11.9. The number of ketones is 2. The second-order valence-electron chi connectivity index (χ2n) is 9.24. The van der Waals surface area contributed by atoms with E-state index in [9.17, 15) is 19.2 Å². The summed E-state index contributed by atoms with van der Waals surface area (Å²) in [7, 11) is 0. The maximum Gasteiger partial charge on any atom is 0.340 e. The maximum atomic E-state index is 13.4. The van der Waals surface area contributed by atoms with Crippen LogP contribution in [0.5, 0.6) is 11.5 Å². The summed E-state index contributed by atoms with van der Waals surface area (Å²) in [6.07, 6.45) is 0. The van der Waals surface area contributed by atoms with Crippen molar-refractivity contribution >= 4 is 34.8 Å². The molecule has 2 aliphatic heterocycles. The van der Waals surface area contributed by atoms with Gasteiger partial charge >= 0.3 is 5.97 Å². The van der Waals surface area contributed by atoms with E-state index in [1.54, 1.807) is 30.3 Å². The van der Waals surface area contributed by atoms with Crippen LogP contribution in [-0.4, -0.2) is 41.4 Å². The zero-order chi connectivity index (χ0) is 28.6. The fourth-order valence-corrected chi connectivity index (χ4v) is 4.99. The molecule has 40 heavy (non-hydrogen) atoms. The zero-order valence-electron chi connectivity index (χ0n) is 21.2.